The summed E-state index contributed by atoms with van der Waals surface area (Å²) < 4.78 is 4.58. The minimum absolute atomic E-state index is 0.0464. The van der Waals surface area contributed by atoms with Gasteiger partial charge in [0.1, 0.15) is 17.8 Å². The van der Waals surface area contributed by atoms with Gasteiger partial charge in [-0.1, -0.05) is 16.8 Å². The molecule has 0 aliphatic rings. The van der Waals surface area contributed by atoms with Crippen LogP contribution < -0.4 is 16.6 Å². The summed E-state index contributed by atoms with van der Waals surface area (Å²) in [4.78, 5) is 15.7. The molecule has 1 amide bonds. The number of amides is 1. The maximum Gasteiger partial charge on any atom is 0.277 e. The Kier molecular flexibility index (Phi) is 3.22. The van der Waals surface area contributed by atoms with Crippen molar-refractivity contribution in [2.24, 2.45) is 5.84 Å². The summed E-state index contributed by atoms with van der Waals surface area (Å²) in [6.45, 7) is 0. The van der Waals surface area contributed by atoms with E-state index in [2.05, 4.69) is 25.4 Å². The number of pyridine rings is 1. The second-order valence-electron chi connectivity index (χ2n) is 3.01. The lowest BCUT2D eigenvalue weighted by molar-refractivity contribution is 0.102. The summed E-state index contributed by atoms with van der Waals surface area (Å²) in [5.41, 5.74) is 2.37. The highest BCUT2D eigenvalue weighted by atomic mass is 35.5. The first-order valence-corrected chi connectivity index (χ1v) is 4.93. The van der Waals surface area contributed by atoms with Crippen LogP contribution in [0.3, 0.4) is 0 Å². The van der Waals surface area contributed by atoms with Crippen molar-refractivity contribution < 1.29 is 9.32 Å². The fraction of sp³-hybridized carbons (Fsp3) is 0. The van der Waals surface area contributed by atoms with Crippen LogP contribution >= 0.6 is 11.6 Å². The Morgan fingerprint density at radius 3 is 2.82 bits per heavy atom. The van der Waals surface area contributed by atoms with Gasteiger partial charge in [-0.15, -0.1) is 0 Å². The maximum atomic E-state index is 11.8. The number of hydrogen-bond acceptors (Lipinski definition) is 6. The Bertz CT molecular complexity index is 528. The van der Waals surface area contributed by atoms with Gasteiger partial charge in [0, 0.05) is 6.07 Å². The molecule has 17 heavy (non-hydrogen) atoms. The van der Waals surface area contributed by atoms with E-state index in [0.29, 0.717) is 5.82 Å². The molecule has 0 radical (unpaired) electrons. The van der Waals surface area contributed by atoms with Crippen LogP contribution in [0, 0.1) is 0 Å². The van der Waals surface area contributed by atoms with E-state index in [1.165, 1.54) is 18.4 Å². The molecule has 88 valence electrons. The number of carbonyl (C=O) groups is 1. The van der Waals surface area contributed by atoms with Crippen molar-refractivity contribution in [2.45, 2.75) is 0 Å². The molecule has 4 N–H and O–H groups in total. The number of nitrogen functional groups attached to an aromatic ring is 1. The van der Waals surface area contributed by atoms with Crippen LogP contribution in [0.25, 0.3) is 0 Å². The Morgan fingerprint density at radius 1 is 1.35 bits per heavy atom. The van der Waals surface area contributed by atoms with Crippen molar-refractivity contribution in [3.05, 3.63) is 35.2 Å². The van der Waals surface area contributed by atoms with Gasteiger partial charge < -0.3 is 15.3 Å². The molecule has 2 aromatic rings. The summed E-state index contributed by atoms with van der Waals surface area (Å²) in [5.74, 6) is 5.30. The summed E-state index contributed by atoms with van der Waals surface area (Å²) >= 11 is 5.85. The molecule has 0 saturated carbocycles. The lowest BCUT2D eigenvalue weighted by atomic mass is 10.3. The largest absolute Gasteiger partial charge is 0.363 e. The Hall–Kier alpha value is -2.12. The fourth-order valence-electron chi connectivity index (χ4n) is 1.13. The predicted octanol–water partition coefficient (Wildman–Crippen LogP) is 1.26. The highest BCUT2D eigenvalue weighted by molar-refractivity contribution is 6.34. The van der Waals surface area contributed by atoms with Crippen LogP contribution in [-0.2, 0) is 0 Å². The van der Waals surface area contributed by atoms with Crippen molar-refractivity contribution >= 4 is 29.1 Å². The van der Waals surface area contributed by atoms with Gasteiger partial charge in [-0.2, -0.15) is 0 Å². The zero-order chi connectivity index (χ0) is 12.3. The van der Waals surface area contributed by atoms with E-state index in [-0.39, 0.29) is 16.5 Å². The zero-order valence-electron chi connectivity index (χ0n) is 8.48. The third-order valence-electron chi connectivity index (χ3n) is 1.89. The molecule has 0 saturated heterocycles. The molecule has 2 rings (SSSR count). The van der Waals surface area contributed by atoms with Gasteiger partial charge >= 0.3 is 0 Å². The summed E-state index contributed by atoms with van der Waals surface area (Å²) in [6.07, 6.45) is 1.34. The molecule has 2 heterocycles. The van der Waals surface area contributed by atoms with E-state index in [1.54, 1.807) is 6.07 Å². The maximum absolute atomic E-state index is 11.8. The minimum Gasteiger partial charge on any atom is -0.363 e. The lowest BCUT2D eigenvalue weighted by Crippen LogP contribution is -2.17. The Balaban J connectivity index is 2.24. The number of nitrogens with one attached hydrogen (secondary N) is 2. The van der Waals surface area contributed by atoms with Crippen LogP contribution in [0.4, 0.5) is 11.6 Å². The molecule has 0 atom stereocenters. The number of rotatable bonds is 3. The molecular weight excluding hydrogens is 246 g/mol. The van der Waals surface area contributed by atoms with E-state index in [0.717, 1.165) is 0 Å². The lowest BCUT2D eigenvalue weighted by Gasteiger charge is -2.05. The van der Waals surface area contributed by atoms with Gasteiger partial charge in [0.05, 0.1) is 5.02 Å². The molecule has 8 heteroatoms. The minimum atomic E-state index is -0.499. The smallest absolute Gasteiger partial charge is 0.277 e. The number of hydrazine groups is 1. The summed E-state index contributed by atoms with van der Waals surface area (Å²) in [7, 11) is 0. The zero-order valence-corrected chi connectivity index (χ0v) is 9.23. The SMILES string of the molecule is NNc1ccc(Cl)c(C(=O)Nc2ccon2)n1. The number of aromatic nitrogens is 2. The van der Waals surface area contributed by atoms with E-state index < -0.39 is 5.91 Å². The van der Waals surface area contributed by atoms with Gasteiger partial charge in [0.15, 0.2) is 5.82 Å². The summed E-state index contributed by atoms with van der Waals surface area (Å²) in [6, 6.07) is 4.56. The monoisotopic (exact) mass is 253 g/mol. The quantitative estimate of drug-likeness (QED) is 0.562. The van der Waals surface area contributed by atoms with Gasteiger partial charge in [0.25, 0.3) is 5.91 Å². The second kappa shape index (κ2) is 4.81. The number of anilines is 2. The van der Waals surface area contributed by atoms with E-state index in [4.69, 9.17) is 17.4 Å². The number of halogens is 1. The van der Waals surface area contributed by atoms with Crippen molar-refractivity contribution in [1.82, 2.24) is 10.1 Å². The normalized spacial score (nSPS) is 10.0. The molecule has 0 aromatic carbocycles. The third kappa shape index (κ3) is 2.52. The molecule has 0 spiro atoms. The van der Waals surface area contributed by atoms with Crippen molar-refractivity contribution in [3.8, 4) is 0 Å². The van der Waals surface area contributed by atoms with Crippen LogP contribution in [0.1, 0.15) is 10.5 Å². The highest BCUT2D eigenvalue weighted by Gasteiger charge is 2.14. The molecule has 0 unspecified atom stereocenters. The van der Waals surface area contributed by atoms with Gasteiger partial charge in [-0.25, -0.2) is 10.8 Å². The molecule has 0 aliphatic heterocycles. The number of hydrogen-bond donors (Lipinski definition) is 3. The predicted molar refractivity (Wildman–Crippen MR) is 61.5 cm³/mol. The van der Waals surface area contributed by atoms with E-state index >= 15 is 0 Å². The molecular formula is C9H8ClN5O2. The van der Waals surface area contributed by atoms with Crippen LogP contribution in [0.15, 0.2) is 29.0 Å². The van der Waals surface area contributed by atoms with Crippen LogP contribution in [0.5, 0.6) is 0 Å². The van der Waals surface area contributed by atoms with Gasteiger partial charge in [0.2, 0.25) is 0 Å². The average molecular weight is 254 g/mol. The van der Waals surface area contributed by atoms with Crippen molar-refractivity contribution in [1.29, 1.82) is 0 Å². The third-order valence-corrected chi connectivity index (χ3v) is 2.19. The van der Waals surface area contributed by atoms with Crippen LogP contribution in [-0.4, -0.2) is 16.0 Å². The second-order valence-corrected chi connectivity index (χ2v) is 3.42. The summed E-state index contributed by atoms with van der Waals surface area (Å²) in [5, 5.41) is 6.22. The number of nitrogens with zero attached hydrogens (tertiary/aromatic N) is 2. The standard InChI is InChI=1S/C9H8ClN5O2/c10-5-1-2-6(14-11)12-8(5)9(16)13-7-3-4-17-15-7/h1-4H,11H2,(H,12,14)(H,13,15,16). The average Bonchev–Trinajstić information content (AvgIpc) is 2.82. The molecule has 0 bridgehead atoms. The Morgan fingerprint density at radius 2 is 2.18 bits per heavy atom. The topological polar surface area (TPSA) is 106 Å². The van der Waals surface area contributed by atoms with E-state index in [9.17, 15) is 4.79 Å². The molecule has 7 nitrogen and oxygen atoms in total. The van der Waals surface area contributed by atoms with Crippen molar-refractivity contribution in [3.63, 3.8) is 0 Å². The highest BCUT2D eigenvalue weighted by Crippen LogP contribution is 2.17. The number of nitrogens with two attached hydrogens (primary N) is 1. The van der Waals surface area contributed by atoms with Crippen molar-refractivity contribution in [2.75, 3.05) is 10.7 Å². The van der Waals surface area contributed by atoms with Crippen LogP contribution in [0.2, 0.25) is 5.02 Å². The first-order valence-electron chi connectivity index (χ1n) is 4.55. The van der Waals surface area contributed by atoms with Gasteiger partial charge in [-0.3, -0.25) is 4.79 Å². The Labute approximate surface area is 101 Å². The first kappa shape index (κ1) is 11.4. The van der Waals surface area contributed by atoms with Gasteiger partial charge in [-0.05, 0) is 12.1 Å². The van der Waals surface area contributed by atoms with E-state index in [1.807, 2.05) is 0 Å². The first-order chi connectivity index (χ1) is 8.20. The molecule has 2 aromatic heterocycles. The molecule has 0 fully saturated rings. The fourth-order valence-corrected chi connectivity index (χ4v) is 1.33. The number of carbonyl (C=O) groups excluding carboxylic acids is 1. The molecule has 0 aliphatic carbocycles.